The number of amides is 2. The van der Waals surface area contributed by atoms with Crippen molar-refractivity contribution in [3.8, 4) is 5.75 Å². The topological polar surface area (TPSA) is 67.4 Å². The van der Waals surface area contributed by atoms with Gasteiger partial charge in [0.1, 0.15) is 5.75 Å². The molecule has 0 unspecified atom stereocenters. The Balaban J connectivity index is 1.94. The third-order valence-electron chi connectivity index (χ3n) is 2.99. The summed E-state index contributed by atoms with van der Waals surface area (Å²) in [7, 11) is 1.56. The molecule has 2 aromatic carbocycles. The van der Waals surface area contributed by atoms with Gasteiger partial charge in [0.05, 0.1) is 17.7 Å². The molecule has 24 heavy (non-hydrogen) atoms. The van der Waals surface area contributed by atoms with Crippen LogP contribution in [0.15, 0.2) is 48.5 Å². The second-order valence-electron chi connectivity index (χ2n) is 4.68. The first-order valence-corrected chi connectivity index (χ1v) is 7.62. The van der Waals surface area contributed by atoms with E-state index in [1.54, 1.807) is 37.5 Å². The van der Waals surface area contributed by atoms with Crippen LogP contribution in [0.4, 0.5) is 0 Å². The van der Waals surface area contributed by atoms with Gasteiger partial charge in [0.25, 0.3) is 11.8 Å². The van der Waals surface area contributed by atoms with Gasteiger partial charge >= 0.3 is 0 Å². The number of carbonyl (C=O) groups excluding carboxylic acids is 2. The lowest BCUT2D eigenvalue weighted by Gasteiger charge is -2.07. The van der Waals surface area contributed by atoms with Gasteiger partial charge in [-0.3, -0.25) is 20.4 Å². The van der Waals surface area contributed by atoms with Gasteiger partial charge in [-0.05, 0) is 42.0 Å². The van der Waals surface area contributed by atoms with E-state index in [1.165, 1.54) is 18.2 Å². The molecule has 0 saturated heterocycles. The average Bonchev–Trinajstić information content (AvgIpc) is 2.60. The van der Waals surface area contributed by atoms with E-state index >= 15 is 0 Å². The van der Waals surface area contributed by atoms with Crippen molar-refractivity contribution >= 4 is 41.1 Å². The second-order valence-corrected chi connectivity index (χ2v) is 5.52. The van der Waals surface area contributed by atoms with Gasteiger partial charge < -0.3 is 4.74 Å². The summed E-state index contributed by atoms with van der Waals surface area (Å²) in [6, 6.07) is 11.7. The number of carbonyl (C=O) groups is 2. The highest BCUT2D eigenvalue weighted by molar-refractivity contribution is 6.35. The molecule has 0 fully saturated rings. The Bertz CT molecular complexity index is 791. The van der Waals surface area contributed by atoms with Crippen molar-refractivity contribution < 1.29 is 14.3 Å². The van der Waals surface area contributed by atoms with Crippen molar-refractivity contribution in [1.29, 1.82) is 0 Å². The molecule has 0 bridgehead atoms. The standard InChI is InChI=1S/C17H14Cl2N2O3/c1-24-13-4-2-3-11(9-13)5-8-16(22)20-21-17(23)14-10-12(18)6-7-15(14)19/h2-10H,1H3,(H,20,22)(H,21,23)/b8-5+. The first kappa shape index (κ1) is 17.8. The minimum atomic E-state index is -0.564. The SMILES string of the molecule is COc1cccc(/C=C/C(=O)NNC(=O)c2cc(Cl)ccc2Cl)c1. The maximum atomic E-state index is 12.0. The van der Waals surface area contributed by atoms with Crippen LogP contribution in [0.3, 0.4) is 0 Å². The number of rotatable bonds is 4. The number of hydrogen-bond donors (Lipinski definition) is 2. The van der Waals surface area contributed by atoms with Gasteiger partial charge in [-0.1, -0.05) is 35.3 Å². The molecule has 0 aromatic heterocycles. The third-order valence-corrected chi connectivity index (χ3v) is 3.56. The zero-order chi connectivity index (χ0) is 17.5. The summed E-state index contributed by atoms with van der Waals surface area (Å²) in [6.07, 6.45) is 2.88. The molecule has 0 heterocycles. The highest BCUT2D eigenvalue weighted by Crippen LogP contribution is 2.20. The molecule has 2 rings (SSSR count). The number of halogens is 2. The molecular formula is C17H14Cl2N2O3. The van der Waals surface area contributed by atoms with Gasteiger partial charge in [0, 0.05) is 11.1 Å². The first-order valence-electron chi connectivity index (χ1n) is 6.87. The highest BCUT2D eigenvalue weighted by atomic mass is 35.5. The predicted octanol–water partition coefficient (Wildman–Crippen LogP) is 3.48. The van der Waals surface area contributed by atoms with Crippen LogP contribution in [0.25, 0.3) is 6.08 Å². The van der Waals surface area contributed by atoms with E-state index in [4.69, 9.17) is 27.9 Å². The second kappa shape index (κ2) is 8.38. The van der Waals surface area contributed by atoms with Crippen LogP contribution in [0, 0.1) is 0 Å². The van der Waals surface area contributed by atoms with Crippen molar-refractivity contribution in [3.63, 3.8) is 0 Å². The monoisotopic (exact) mass is 364 g/mol. The summed E-state index contributed by atoms with van der Waals surface area (Å²) in [5.41, 5.74) is 5.49. The highest BCUT2D eigenvalue weighted by Gasteiger charge is 2.11. The lowest BCUT2D eigenvalue weighted by atomic mass is 10.2. The molecule has 124 valence electrons. The molecule has 0 saturated carbocycles. The van der Waals surface area contributed by atoms with Gasteiger partial charge in [-0.15, -0.1) is 0 Å². The summed E-state index contributed by atoms with van der Waals surface area (Å²) in [6.45, 7) is 0. The van der Waals surface area contributed by atoms with Crippen LogP contribution in [0.1, 0.15) is 15.9 Å². The summed E-state index contributed by atoms with van der Waals surface area (Å²) < 4.78 is 5.10. The Morgan fingerprint density at radius 1 is 1.08 bits per heavy atom. The van der Waals surface area contributed by atoms with E-state index in [9.17, 15) is 9.59 Å². The number of ether oxygens (including phenoxy) is 1. The van der Waals surface area contributed by atoms with Gasteiger partial charge in [-0.25, -0.2) is 0 Å². The van der Waals surface area contributed by atoms with Crippen LogP contribution >= 0.6 is 23.2 Å². The maximum absolute atomic E-state index is 12.0. The molecule has 0 aliphatic heterocycles. The quantitative estimate of drug-likeness (QED) is 0.644. The van der Waals surface area contributed by atoms with E-state index < -0.39 is 11.8 Å². The molecule has 0 atom stereocenters. The summed E-state index contributed by atoms with van der Waals surface area (Å²) >= 11 is 11.7. The van der Waals surface area contributed by atoms with Gasteiger partial charge in [0.15, 0.2) is 0 Å². The zero-order valence-corrected chi connectivity index (χ0v) is 14.2. The Labute approximate surface area is 149 Å². The number of benzene rings is 2. The predicted molar refractivity (Wildman–Crippen MR) is 94.1 cm³/mol. The molecule has 0 aliphatic rings. The van der Waals surface area contributed by atoms with Crippen molar-refractivity contribution in [3.05, 3.63) is 69.7 Å². The molecular weight excluding hydrogens is 351 g/mol. The lowest BCUT2D eigenvalue weighted by Crippen LogP contribution is -2.40. The number of hydrazine groups is 1. The summed E-state index contributed by atoms with van der Waals surface area (Å²) in [5, 5.41) is 0.604. The fourth-order valence-corrected chi connectivity index (χ4v) is 2.19. The molecule has 5 nitrogen and oxygen atoms in total. The van der Waals surface area contributed by atoms with Gasteiger partial charge in [0.2, 0.25) is 0 Å². The molecule has 7 heteroatoms. The Kier molecular flexibility index (Phi) is 6.23. The van der Waals surface area contributed by atoms with E-state index in [1.807, 2.05) is 6.07 Å². The fourth-order valence-electron chi connectivity index (χ4n) is 1.82. The molecule has 2 N–H and O–H groups in total. The smallest absolute Gasteiger partial charge is 0.271 e. The zero-order valence-electron chi connectivity index (χ0n) is 12.7. The number of methoxy groups -OCH3 is 1. The van der Waals surface area contributed by atoms with Crippen molar-refractivity contribution in [2.75, 3.05) is 7.11 Å². The van der Waals surface area contributed by atoms with Gasteiger partial charge in [-0.2, -0.15) is 0 Å². The Morgan fingerprint density at radius 2 is 1.88 bits per heavy atom. The Hall–Kier alpha value is -2.50. The van der Waals surface area contributed by atoms with E-state index in [-0.39, 0.29) is 10.6 Å². The van der Waals surface area contributed by atoms with Crippen LogP contribution in [-0.2, 0) is 4.79 Å². The first-order chi connectivity index (χ1) is 11.5. The van der Waals surface area contributed by atoms with E-state index in [2.05, 4.69) is 10.9 Å². The van der Waals surface area contributed by atoms with Crippen LogP contribution < -0.4 is 15.6 Å². The summed E-state index contributed by atoms with van der Waals surface area (Å²) in [5.74, 6) is -0.378. The normalized spacial score (nSPS) is 10.5. The van der Waals surface area contributed by atoms with Crippen molar-refractivity contribution in [2.24, 2.45) is 0 Å². The third kappa shape index (κ3) is 5.01. The molecule has 0 radical (unpaired) electrons. The van der Waals surface area contributed by atoms with Crippen LogP contribution in [0.5, 0.6) is 5.75 Å². The minimum absolute atomic E-state index is 0.168. The largest absolute Gasteiger partial charge is 0.497 e. The minimum Gasteiger partial charge on any atom is -0.497 e. The number of nitrogens with one attached hydrogen (secondary N) is 2. The fraction of sp³-hybridized carbons (Fsp3) is 0.0588. The van der Waals surface area contributed by atoms with Crippen LogP contribution in [-0.4, -0.2) is 18.9 Å². The maximum Gasteiger partial charge on any atom is 0.271 e. The molecule has 0 spiro atoms. The molecule has 0 aliphatic carbocycles. The Morgan fingerprint density at radius 3 is 2.62 bits per heavy atom. The number of hydrogen-bond acceptors (Lipinski definition) is 3. The summed E-state index contributed by atoms with van der Waals surface area (Å²) in [4.78, 5) is 23.7. The van der Waals surface area contributed by atoms with E-state index in [0.717, 1.165) is 5.56 Å². The lowest BCUT2D eigenvalue weighted by molar-refractivity contribution is -0.117. The van der Waals surface area contributed by atoms with Crippen molar-refractivity contribution in [2.45, 2.75) is 0 Å². The average molecular weight is 365 g/mol. The molecule has 2 aromatic rings. The molecule has 2 amide bonds. The van der Waals surface area contributed by atoms with Crippen molar-refractivity contribution in [1.82, 2.24) is 10.9 Å². The van der Waals surface area contributed by atoms with Crippen LogP contribution in [0.2, 0.25) is 10.0 Å². The van der Waals surface area contributed by atoms with E-state index in [0.29, 0.717) is 10.8 Å².